The van der Waals surface area contributed by atoms with Gasteiger partial charge in [-0.05, 0) is 56.6 Å². The highest BCUT2D eigenvalue weighted by molar-refractivity contribution is 9.10. The Morgan fingerprint density at radius 2 is 1.59 bits per heavy atom. The molecule has 0 spiro atoms. The van der Waals surface area contributed by atoms with Crippen molar-refractivity contribution in [3.63, 3.8) is 0 Å². The van der Waals surface area contributed by atoms with Crippen LogP contribution in [0, 0.1) is 18.6 Å². The average Bonchev–Trinajstić information content (AvgIpc) is 2.68. The normalized spacial score (nSPS) is 11.4. The Hall–Kier alpha value is -3.01. The number of benzene rings is 2. The van der Waals surface area contributed by atoms with E-state index in [1.165, 1.54) is 12.5 Å². The lowest BCUT2D eigenvalue weighted by atomic mass is 10.2. The number of aryl methyl sites for hydroxylation is 1. The second kappa shape index (κ2) is 12.1. The molecule has 3 N–H and O–H groups in total. The van der Waals surface area contributed by atoms with Crippen molar-refractivity contribution in [2.45, 2.75) is 46.3 Å². The van der Waals surface area contributed by atoms with Crippen LogP contribution >= 0.6 is 15.9 Å². The molecule has 174 valence electrons. The van der Waals surface area contributed by atoms with Crippen LogP contribution in [0.25, 0.3) is 0 Å². The van der Waals surface area contributed by atoms with E-state index in [2.05, 4.69) is 40.3 Å². The lowest BCUT2D eigenvalue weighted by Gasteiger charge is -2.21. The number of halogens is 3. The maximum Gasteiger partial charge on any atom is 0.408 e. The number of hydrogen-bond donors (Lipinski definition) is 3. The SMILES string of the molecule is CC(NC(=O)OC(C)(C)C)C(=O)NNC(=O)c1cc(Br)c(F)cc1F.Cc1ccccc1. The quantitative estimate of drug-likeness (QED) is 0.418. The minimum Gasteiger partial charge on any atom is -0.444 e. The van der Waals surface area contributed by atoms with Crippen LogP contribution in [0.4, 0.5) is 13.6 Å². The van der Waals surface area contributed by atoms with Gasteiger partial charge >= 0.3 is 6.09 Å². The molecule has 2 aromatic rings. The van der Waals surface area contributed by atoms with Gasteiger partial charge in [-0.3, -0.25) is 20.4 Å². The fraction of sp³-hybridized carbons (Fsp3) is 0.318. The van der Waals surface area contributed by atoms with Crippen LogP contribution in [-0.4, -0.2) is 29.6 Å². The van der Waals surface area contributed by atoms with Crippen molar-refractivity contribution in [3.8, 4) is 0 Å². The Morgan fingerprint density at radius 3 is 2.09 bits per heavy atom. The number of nitrogens with one attached hydrogen (secondary N) is 3. The smallest absolute Gasteiger partial charge is 0.408 e. The first-order chi connectivity index (χ1) is 14.8. The predicted molar refractivity (Wildman–Crippen MR) is 120 cm³/mol. The van der Waals surface area contributed by atoms with Crippen LogP contribution in [0.3, 0.4) is 0 Å². The number of carbonyl (C=O) groups is 3. The molecule has 0 heterocycles. The third-order valence-corrected chi connectivity index (χ3v) is 4.23. The monoisotopic (exact) mass is 513 g/mol. The zero-order chi connectivity index (χ0) is 24.5. The van der Waals surface area contributed by atoms with Gasteiger partial charge in [-0.1, -0.05) is 35.9 Å². The molecule has 0 saturated carbocycles. The molecule has 0 aliphatic rings. The Morgan fingerprint density at radius 1 is 1.00 bits per heavy atom. The molecule has 0 fully saturated rings. The molecular weight excluding hydrogens is 488 g/mol. The Labute approximate surface area is 194 Å². The van der Waals surface area contributed by atoms with Gasteiger partial charge in [0.25, 0.3) is 11.8 Å². The van der Waals surface area contributed by atoms with Crippen molar-refractivity contribution in [1.82, 2.24) is 16.2 Å². The average molecular weight is 514 g/mol. The highest BCUT2D eigenvalue weighted by atomic mass is 79.9. The molecule has 0 aromatic heterocycles. The molecule has 1 atom stereocenters. The molecule has 0 radical (unpaired) electrons. The van der Waals surface area contributed by atoms with E-state index in [1.807, 2.05) is 29.1 Å². The molecule has 1 unspecified atom stereocenters. The second-order valence-corrected chi connectivity index (χ2v) is 8.57. The van der Waals surface area contributed by atoms with E-state index in [0.717, 1.165) is 6.07 Å². The van der Waals surface area contributed by atoms with E-state index in [1.54, 1.807) is 20.8 Å². The van der Waals surface area contributed by atoms with Gasteiger partial charge in [-0.15, -0.1) is 0 Å². The summed E-state index contributed by atoms with van der Waals surface area (Å²) in [6.07, 6.45) is -0.810. The molecule has 7 nitrogen and oxygen atoms in total. The highest BCUT2D eigenvalue weighted by Crippen LogP contribution is 2.19. The van der Waals surface area contributed by atoms with Crippen molar-refractivity contribution in [2.24, 2.45) is 0 Å². The van der Waals surface area contributed by atoms with Crippen LogP contribution in [-0.2, 0) is 9.53 Å². The Kier molecular flexibility index (Phi) is 10.2. The van der Waals surface area contributed by atoms with E-state index in [4.69, 9.17) is 4.74 Å². The van der Waals surface area contributed by atoms with Gasteiger partial charge < -0.3 is 10.1 Å². The second-order valence-electron chi connectivity index (χ2n) is 7.71. The van der Waals surface area contributed by atoms with E-state index in [0.29, 0.717) is 6.07 Å². The summed E-state index contributed by atoms with van der Waals surface area (Å²) < 4.78 is 31.6. The number of hydrazine groups is 1. The van der Waals surface area contributed by atoms with Gasteiger partial charge in [0.15, 0.2) is 0 Å². The molecule has 0 aliphatic heterocycles. The summed E-state index contributed by atoms with van der Waals surface area (Å²) in [4.78, 5) is 35.2. The standard InChI is InChI=1S/C15H18BrF2N3O4.C7H8/c1-7(19-14(24)25-15(2,3)4)12(22)20-21-13(23)8-5-9(16)11(18)6-10(8)17;1-7-5-3-2-4-6-7/h5-7H,1-4H3,(H,19,24)(H,20,22)(H,21,23);2-6H,1H3. The summed E-state index contributed by atoms with van der Waals surface area (Å²) in [6.45, 7) is 8.42. The number of amides is 3. The van der Waals surface area contributed by atoms with Gasteiger partial charge in [-0.25, -0.2) is 13.6 Å². The zero-order valence-electron chi connectivity index (χ0n) is 18.4. The highest BCUT2D eigenvalue weighted by Gasteiger charge is 2.22. The molecule has 10 heteroatoms. The van der Waals surface area contributed by atoms with E-state index < -0.39 is 46.7 Å². The summed E-state index contributed by atoms with van der Waals surface area (Å²) in [5, 5.41) is 2.27. The van der Waals surface area contributed by atoms with Gasteiger partial charge in [0.05, 0.1) is 10.0 Å². The minimum atomic E-state index is -1.09. The van der Waals surface area contributed by atoms with Crippen LogP contribution in [0.2, 0.25) is 0 Å². The molecule has 2 rings (SSSR count). The maximum absolute atomic E-state index is 13.6. The van der Waals surface area contributed by atoms with Crippen LogP contribution in [0.15, 0.2) is 46.9 Å². The molecule has 0 aliphatic carbocycles. The summed E-state index contributed by atoms with van der Waals surface area (Å²) in [7, 11) is 0. The first kappa shape index (κ1) is 27.0. The fourth-order valence-corrected chi connectivity index (χ4v) is 2.42. The number of carbonyl (C=O) groups excluding carboxylic acids is 3. The molecule has 0 bridgehead atoms. The Balaban J connectivity index is 0.000000616. The van der Waals surface area contributed by atoms with Gasteiger partial charge in [0.2, 0.25) is 0 Å². The number of hydrogen-bond acceptors (Lipinski definition) is 4. The van der Waals surface area contributed by atoms with Gasteiger partial charge in [-0.2, -0.15) is 0 Å². The van der Waals surface area contributed by atoms with Crippen molar-refractivity contribution < 1.29 is 27.9 Å². The van der Waals surface area contributed by atoms with Crippen molar-refractivity contribution >= 4 is 33.8 Å². The molecule has 2 aromatic carbocycles. The van der Waals surface area contributed by atoms with Crippen molar-refractivity contribution in [2.75, 3.05) is 0 Å². The molecule has 32 heavy (non-hydrogen) atoms. The summed E-state index contributed by atoms with van der Waals surface area (Å²) in [6, 6.07) is 10.7. The van der Waals surface area contributed by atoms with Crippen LogP contribution < -0.4 is 16.2 Å². The summed E-state index contributed by atoms with van der Waals surface area (Å²) in [5.41, 5.74) is 4.12. The minimum absolute atomic E-state index is 0.106. The number of ether oxygens (including phenoxy) is 1. The first-order valence-electron chi connectivity index (χ1n) is 9.56. The first-order valence-corrected chi connectivity index (χ1v) is 10.4. The van der Waals surface area contributed by atoms with Crippen LogP contribution in [0.5, 0.6) is 0 Å². The number of rotatable bonds is 3. The molecule has 0 saturated heterocycles. The molecule has 3 amide bonds. The third kappa shape index (κ3) is 9.86. The summed E-state index contributed by atoms with van der Waals surface area (Å²) >= 11 is 2.83. The topological polar surface area (TPSA) is 96.5 Å². The zero-order valence-corrected chi connectivity index (χ0v) is 20.0. The summed E-state index contributed by atoms with van der Waals surface area (Å²) in [5.74, 6) is -3.71. The van der Waals surface area contributed by atoms with Crippen molar-refractivity contribution in [3.05, 3.63) is 69.7 Å². The van der Waals surface area contributed by atoms with E-state index in [-0.39, 0.29) is 4.47 Å². The van der Waals surface area contributed by atoms with E-state index >= 15 is 0 Å². The maximum atomic E-state index is 13.6. The largest absolute Gasteiger partial charge is 0.444 e. The predicted octanol–water partition coefficient (Wildman–Crippen LogP) is 4.40. The van der Waals surface area contributed by atoms with Crippen molar-refractivity contribution in [1.29, 1.82) is 0 Å². The lowest BCUT2D eigenvalue weighted by molar-refractivity contribution is -0.123. The Bertz CT molecular complexity index is 950. The van der Waals surface area contributed by atoms with Gasteiger partial charge in [0.1, 0.15) is 23.3 Å². The molecular formula is C22H26BrF2N3O4. The fourth-order valence-electron chi connectivity index (χ4n) is 2.07. The lowest BCUT2D eigenvalue weighted by Crippen LogP contribution is -2.51. The van der Waals surface area contributed by atoms with Crippen LogP contribution in [0.1, 0.15) is 43.6 Å². The van der Waals surface area contributed by atoms with Gasteiger partial charge in [0, 0.05) is 6.07 Å². The van der Waals surface area contributed by atoms with E-state index in [9.17, 15) is 23.2 Å². The number of alkyl carbamates (subject to hydrolysis) is 1. The third-order valence-electron chi connectivity index (χ3n) is 3.62.